The first-order valence-corrected chi connectivity index (χ1v) is 4.99. The first-order chi connectivity index (χ1) is 7.59. The first-order valence-electron chi connectivity index (χ1n) is 4.99. The van der Waals surface area contributed by atoms with Crippen LogP contribution in [0.2, 0.25) is 0 Å². The third-order valence-electron chi connectivity index (χ3n) is 2.50. The van der Waals surface area contributed by atoms with E-state index in [2.05, 4.69) is 10.3 Å². The molecular formula is C11H13FN4. The van der Waals surface area contributed by atoms with E-state index in [-0.39, 0.29) is 11.9 Å². The molecule has 0 aliphatic rings. The van der Waals surface area contributed by atoms with Crippen LogP contribution in [0.3, 0.4) is 0 Å². The third-order valence-corrected chi connectivity index (χ3v) is 2.50. The van der Waals surface area contributed by atoms with Gasteiger partial charge in [-0.15, -0.1) is 5.10 Å². The first kappa shape index (κ1) is 10.8. The molecule has 0 radical (unpaired) electrons. The molecule has 0 amide bonds. The van der Waals surface area contributed by atoms with Gasteiger partial charge in [-0.05, 0) is 24.6 Å². The van der Waals surface area contributed by atoms with E-state index >= 15 is 0 Å². The van der Waals surface area contributed by atoms with Gasteiger partial charge in [-0.2, -0.15) is 0 Å². The summed E-state index contributed by atoms with van der Waals surface area (Å²) in [6.07, 6.45) is 1.60. The molecule has 5 heteroatoms. The zero-order chi connectivity index (χ0) is 11.7. The van der Waals surface area contributed by atoms with Crippen molar-refractivity contribution in [3.05, 3.63) is 35.8 Å². The Bertz CT molecular complexity index is 504. The topological polar surface area (TPSA) is 56.7 Å². The van der Waals surface area contributed by atoms with Gasteiger partial charge in [-0.3, -0.25) is 0 Å². The normalized spacial score (nSPS) is 12.8. The Kier molecular flexibility index (Phi) is 2.70. The van der Waals surface area contributed by atoms with Gasteiger partial charge in [-0.1, -0.05) is 11.3 Å². The van der Waals surface area contributed by atoms with E-state index in [1.807, 2.05) is 6.92 Å². The molecule has 2 rings (SSSR count). The van der Waals surface area contributed by atoms with E-state index in [9.17, 15) is 4.39 Å². The Labute approximate surface area is 92.9 Å². The molecule has 0 spiro atoms. The Morgan fingerprint density at radius 3 is 2.75 bits per heavy atom. The number of aromatic nitrogens is 3. The SMILES string of the molecule is CC(N)c1ccc(F)cc1-c1cnnn1C. The van der Waals surface area contributed by atoms with Crippen LogP contribution in [0.4, 0.5) is 4.39 Å². The van der Waals surface area contributed by atoms with E-state index in [1.165, 1.54) is 12.1 Å². The molecule has 0 fully saturated rings. The van der Waals surface area contributed by atoms with Gasteiger partial charge >= 0.3 is 0 Å². The number of benzene rings is 1. The minimum absolute atomic E-state index is 0.162. The molecule has 16 heavy (non-hydrogen) atoms. The minimum Gasteiger partial charge on any atom is -0.324 e. The summed E-state index contributed by atoms with van der Waals surface area (Å²) in [7, 11) is 1.76. The molecule has 0 saturated carbocycles. The Hall–Kier alpha value is -1.75. The second-order valence-corrected chi connectivity index (χ2v) is 3.76. The number of nitrogens with zero attached hydrogens (tertiary/aromatic N) is 3. The second kappa shape index (κ2) is 4.02. The van der Waals surface area contributed by atoms with Crippen molar-refractivity contribution in [3.8, 4) is 11.3 Å². The highest BCUT2D eigenvalue weighted by Gasteiger charge is 2.13. The maximum atomic E-state index is 13.2. The number of hydrogen-bond acceptors (Lipinski definition) is 3. The van der Waals surface area contributed by atoms with Crippen LogP contribution in [0.15, 0.2) is 24.4 Å². The van der Waals surface area contributed by atoms with Crippen LogP contribution >= 0.6 is 0 Å². The fourth-order valence-electron chi connectivity index (χ4n) is 1.68. The summed E-state index contributed by atoms with van der Waals surface area (Å²) in [5.74, 6) is -0.291. The van der Waals surface area contributed by atoms with Crippen LogP contribution in [0, 0.1) is 5.82 Å². The molecule has 0 aliphatic carbocycles. The highest BCUT2D eigenvalue weighted by molar-refractivity contribution is 5.63. The van der Waals surface area contributed by atoms with Crippen LogP contribution in [-0.2, 0) is 7.05 Å². The van der Waals surface area contributed by atoms with Crippen molar-refractivity contribution in [2.45, 2.75) is 13.0 Å². The third kappa shape index (κ3) is 1.81. The summed E-state index contributed by atoms with van der Waals surface area (Å²) >= 11 is 0. The summed E-state index contributed by atoms with van der Waals surface area (Å²) in [6.45, 7) is 1.86. The lowest BCUT2D eigenvalue weighted by Crippen LogP contribution is -2.08. The van der Waals surface area contributed by atoms with Gasteiger partial charge in [0.25, 0.3) is 0 Å². The molecular weight excluding hydrogens is 207 g/mol. The summed E-state index contributed by atoms with van der Waals surface area (Å²) < 4.78 is 14.8. The summed E-state index contributed by atoms with van der Waals surface area (Å²) in [6, 6.07) is 4.40. The van der Waals surface area contributed by atoms with Crippen LogP contribution in [0.1, 0.15) is 18.5 Å². The van der Waals surface area contributed by atoms with Gasteiger partial charge in [0, 0.05) is 18.7 Å². The van der Waals surface area contributed by atoms with Gasteiger partial charge in [0.05, 0.1) is 11.9 Å². The smallest absolute Gasteiger partial charge is 0.123 e. The predicted molar refractivity (Wildman–Crippen MR) is 59.0 cm³/mol. The number of nitrogens with two attached hydrogens (primary N) is 1. The van der Waals surface area contributed by atoms with Crippen molar-refractivity contribution in [2.75, 3.05) is 0 Å². The zero-order valence-corrected chi connectivity index (χ0v) is 9.18. The summed E-state index contributed by atoms with van der Waals surface area (Å²) in [5.41, 5.74) is 8.22. The minimum atomic E-state index is -0.291. The molecule has 4 nitrogen and oxygen atoms in total. The Balaban J connectivity index is 2.63. The molecule has 1 atom stereocenters. The molecule has 2 N–H and O–H groups in total. The van der Waals surface area contributed by atoms with Gasteiger partial charge in [-0.25, -0.2) is 9.07 Å². The van der Waals surface area contributed by atoms with E-state index < -0.39 is 0 Å². The van der Waals surface area contributed by atoms with Crippen molar-refractivity contribution in [1.82, 2.24) is 15.0 Å². The lowest BCUT2D eigenvalue weighted by atomic mass is 10.00. The predicted octanol–water partition coefficient (Wildman–Crippen LogP) is 1.64. The average molecular weight is 220 g/mol. The number of halogens is 1. The maximum absolute atomic E-state index is 13.2. The largest absolute Gasteiger partial charge is 0.324 e. The lowest BCUT2D eigenvalue weighted by molar-refractivity contribution is 0.626. The summed E-state index contributed by atoms with van der Waals surface area (Å²) in [4.78, 5) is 0. The standard InChI is InChI=1S/C11H13FN4/c1-7(13)9-4-3-8(12)5-10(9)11-6-14-15-16(11)2/h3-7H,13H2,1-2H3. The fourth-order valence-corrected chi connectivity index (χ4v) is 1.68. The van der Waals surface area contributed by atoms with Crippen LogP contribution < -0.4 is 5.73 Å². The Morgan fingerprint density at radius 1 is 1.44 bits per heavy atom. The van der Waals surface area contributed by atoms with E-state index in [0.717, 1.165) is 16.8 Å². The van der Waals surface area contributed by atoms with Crippen molar-refractivity contribution < 1.29 is 4.39 Å². The lowest BCUT2D eigenvalue weighted by Gasteiger charge is -2.12. The molecule has 0 bridgehead atoms. The molecule has 1 unspecified atom stereocenters. The van der Waals surface area contributed by atoms with Crippen molar-refractivity contribution in [1.29, 1.82) is 0 Å². The second-order valence-electron chi connectivity index (χ2n) is 3.76. The molecule has 1 aromatic carbocycles. The molecule has 2 aromatic rings. The van der Waals surface area contributed by atoms with Gasteiger partial charge in [0.1, 0.15) is 5.82 Å². The number of hydrogen-bond donors (Lipinski definition) is 1. The fraction of sp³-hybridized carbons (Fsp3) is 0.273. The monoisotopic (exact) mass is 220 g/mol. The van der Waals surface area contributed by atoms with E-state index in [1.54, 1.807) is 24.0 Å². The van der Waals surface area contributed by atoms with Crippen LogP contribution in [-0.4, -0.2) is 15.0 Å². The van der Waals surface area contributed by atoms with Crippen molar-refractivity contribution >= 4 is 0 Å². The maximum Gasteiger partial charge on any atom is 0.123 e. The van der Waals surface area contributed by atoms with E-state index in [4.69, 9.17) is 5.73 Å². The highest BCUT2D eigenvalue weighted by atomic mass is 19.1. The van der Waals surface area contributed by atoms with Crippen molar-refractivity contribution in [3.63, 3.8) is 0 Å². The zero-order valence-electron chi connectivity index (χ0n) is 9.18. The van der Waals surface area contributed by atoms with Gasteiger partial charge < -0.3 is 5.73 Å². The molecule has 84 valence electrons. The van der Waals surface area contributed by atoms with Gasteiger partial charge in [0.15, 0.2) is 0 Å². The Morgan fingerprint density at radius 2 is 2.19 bits per heavy atom. The molecule has 1 heterocycles. The average Bonchev–Trinajstić information content (AvgIpc) is 2.63. The number of rotatable bonds is 2. The van der Waals surface area contributed by atoms with Crippen LogP contribution in [0.5, 0.6) is 0 Å². The quantitative estimate of drug-likeness (QED) is 0.837. The highest BCUT2D eigenvalue weighted by Crippen LogP contribution is 2.27. The van der Waals surface area contributed by atoms with Crippen LogP contribution in [0.25, 0.3) is 11.3 Å². The van der Waals surface area contributed by atoms with E-state index in [0.29, 0.717) is 0 Å². The number of aryl methyl sites for hydroxylation is 1. The van der Waals surface area contributed by atoms with Crippen molar-refractivity contribution in [2.24, 2.45) is 12.8 Å². The molecule has 1 aromatic heterocycles. The molecule has 0 saturated heterocycles. The summed E-state index contributed by atoms with van der Waals surface area (Å²) in [5, 5.41) is 7.60. The van der Waals surface area contributed by atoms with Gasteiger partial charge in [0.2, 0.25) is 0 Å². The molecule has 0 aliphatic heterocycles.